The number of hydrogen-bond donors (Lipinski definition) is 0. The van der Waals surface area contributed by atoms with Crippen LogP contribution in [0.1, 0.15) is 37.7 Å². The van der Waals surface area contributed by atoms with E-state index < -0.39 is 0 Å². The van der Waals surface area contributed by atoms with E-state index in [0.29, 0.717) is 17.4 Å². The molecule has 0 saturated carbocycles. The predicted octanol–water partition coefficient (Wildman–Crippen LogP) is 3.12. The summed E-state index contributed by atoms with van der Waals surface area (Å²) in [6.45, 7) is 6.43. The Kier molecular flexibility index (Phi) is 6.26. The van der Waals surface area contributed by atoms with Crippen molar-refractivity contribution in [1.82, 2.24) is 14.7 Å². The number of ether oxygens (including phenoxy) is 1. The number of hydrogen-bond acceptors (Lipinski definition) is 4. The molecule has 3 fully saturated rings. The summed E-state index contributed by atoms with van der Waals surface area (Å²) in [5.41, 5.74) is 1.56. The van der Waals surface area contributed by atoms with E-state index in [4.69, 9.17) is 4.74 Å². The van der Waals surface area contributed by atoms with E-state index in [9.17, 15) is 4.79 Å². The first-order valence-electron chi connectivity index (χ1n) is 11.1. The van der Waals surface area contributed by atoms with Gasteiger partial charge in [-0.1, -0.05) is 24.3 Å². The average Bonchev–Trinajstić information content (AvgIpc) is 3.18. The van der Waals surface area contributed by atoms with Crippen LogP contribution in [-0.4, -0.2) is 80.1 Å². The van der Waals surface area contributed by atoms with Crippen molar-refractivity contribution in [3.8, 4) is 5.75 Å². The maximum atomic E-state index is 12.6. The molecular formula is C24H35N3O2. The lowest BCUT2D eigenvalue weighted by molar-refractivity contribution is -0.141. The molecule has 5 heteroatoms. The summed E-state index contributed by atoms with van der Waals surface area (Å²) in [4.78, 5) is 19.7. The highest BCUT2D eigenvalue weighted by molar-refractivity contribution is 5.77. The highest BCUT2D eigenvalue weighted by Gasteiger charge is 2.43. The fourth-order valence-electron chi connectivity index (χ4n) is 5.21. The van der Waals surface area contributed by atoms with Crippen molar-refractivity contribution in [2.75, 3.05) is 53.4 Å². The fourth-order valence-corrected chi connectivity index (χ4v) is 5.21. The third-order valence-electron chi connectivity index (χ3n) is 7.21. The number of likely N-dealkylation sites (N-methyl/N-ethyl adjacent to an activating group) is 1. The molecule has 29 heavy (non-hydrogen) atoms. The van der Waals surface area contributed by atoms with E-state index in [-0.39, 0.29) is 0 Å². The van der Waals surface area contributed by atoms with Gasteiger partial charge in [-0.2, -0.15) is 0 Å². The van der Waals surface area contributed by atoms with Gasteiger partial charge in [0.15, 0.2) is 0 Å². The summed E-state index contributed by atoms with van der Waals surface area (Å²) < 4.78 is 5.22. The van der Waals surface area contributed by atoms with Crippen LogP contribution in [-0.2, 0) is 4.79 Å². The molecule has 0 bridgehead atoms. The highest BCUT2D eigenvalue weighted by atomic mass is 16.5. The van der Waals surface area contributed by atoms with Gasteiger partial charge in [0.25, 0.3) is 0 Å². The van der Waals surface area contributed by atoms with E-state index >= 15 is 0 Å². The lowest BCUT2D eigenvalue weighted by Crippen LogP contribution is -2.54. The first-order valence-corrected chi connectivity index (χ1v) is 11.1. The van der Waals surface area contributed by atoms with Gasteiger partial charge in [0.2, 0.25) is 5.91 Å². The van der Waals surface area contributed by atoms with Crippen molar-refractivity contribution in [1.29, 1.82) is 0 Å². The van der Waals surface area contributed by atoms with Crippen LogP contribution in [0, 0.1) is 5.41 Å². The lowest BCUT2D eigenvalue weighted by Gasteiger charge is -2.49. The first-order chi connectivity index (χ1) is 14.1. The summed E-state index contributed by atoms with van der Waals surface area (Å²) in [7, 11) is 3.86. The number of nitrogens with zero attached hydrogens (tertiary/aromatic N) is 3. The fraction of sp³-hybridized carbons (Fsp3) is 0.625. The third kappa shape index (κ3) is 4.84. The summed E-state index contributed by atoms with van der Waals surface area (Å²) in [5, 5.41) is 0. The Labute approximate surface area is 175 Å². The van der Waals surface area contributed by atoms with E-state index in [0.717, 1.165) is 64.3 Å². The van der Waals surface area contributed by atoms with Crippen LogP contribution in [0.15, 0.2) is 30.3 Å². The minimum absolute atomic E-state index is 0.352. The summed E-state index contributed by atoms with van der Waals surface area (Å²) in [5.74, 6) is 1.29. The van der Waals surface area contributed by atoms with Crippen molar-refractivity contribution in [3.05, 3.63) is 35.9 Å². The van der Waals surface area contributed by atoms with Crippen molar-refractivity contribution in [2.24, 2.45) is 5.41 Å². The second-order valence-electron chi connectivity index (χ2n) is 9.20. The number of methoxy groups -OCH3 is 1. The number of carbonyl (C=O) groups is 1. The van der Waals surface area contributed by atoms with Crippen LogP contribution in [0.5, 0.6) is 5.75 Å². The van der Waals surface area contributed by atoms with Gasteiger partial charge in [-0.25, -0.2) is 0 Å². The standard InChI is InChI=1S/C24H35N3O2/c1-25-15-10-21(18-25)27-19-24(11-9-23(27)28)12-16-26(17-13-24)14-3-4-20-5-7-22(29-2)8-6-20/h3-8,21H,9-19H2,1-2H3/b4-3+/t21-/m0/s1. The molecule has 1 aromatic rings. The molecule has 0 aliphatic carbocycles. The number of rotatable bonds is 5. The van der Waals surface area contributed by atoms with E-state index in [1.165, 1.54) is 18.4 Å². The Hall–Kier alpha value is -1.85. The Balaban J connectivity index is 1.28. The smallest absolute Gasteiger partial charge is 0.222 e. The van der Waals surface area contributed by atoms with Crippen LogP contribution < -0.4 is 4.74 Å². The highest BCUT2D eigenvalue weighted by Crippen LogP contribution is 2.41. The largest absolute Gasteiger partial charge is 0.497 e. The van der Waals surface area contributed by atoms with Gasteiger partial charge in [-0.3, -0.25) is 9.69 Å². The molecule has 3 aliphatic rings. The Morgan fingerprint density at radius 2 is 1.90 bits per heavy atom. The average molecular weight is 398 g/mol. The molecule has 158 valence electrons. The lowest BCUT2D eigenvalue weighted by atomic mass is 9.72. The Morgan fingerprint density at radius 1 is 1.14 bits per heavy atom. The molecule has 5 nitrogen and oxygen atoms in total. The summed E-state index contributed by atoms with van der Waals surface area (Å²) in [6.07, 6.45) is 9.87. The Morgan fingerprint density at radius 3 is 2.55 bits per heavy atom. The third-order valence-corrected chi connectivity index (χ3v) is 7.21. The van der Waals surface area contributed by atoms with Crippen molar-refractivity contribution in [3.63, 3.8) is 0 Å². The van der Waals surface area contributed by atoms with Crippen LogP contribution in [0.25, 0.3) is 6.08 Å². The molecule has 3 heterocycles. The zero-order valence-corrected chi connectivity index (χ0v) is 18.0. The van der Waals surface area contributed by atoms with Crippen molar-refractivity contribution < 1.29 is 9.53 Å². The van der Waals surface area contributed by atoms with E-state index in [2.05, 4.69) is 46.0 Å². The molecule has 1 atom stereocenters. The number of amides is 1. The number of piperidine rings is 2. The zero-order chi connectivity index (χ0) is 20.3. The number of benzene rings is 1. The second kappa shape index (κ2) is 8.88. The molecule has 1 spiro atoms. The number of carbonyl (C=O) groups excluding carboxylic acids is 1. The predicted molar refractivity (Wildman–Crippen MR) is 117 cm³/mol. The molecule has 0 aromatic heterocycles. The van der Waals surface area contributed by atoms with Crippen LogP contribution in [0.4, 0.5) is 0 Å². The second-order valence-corrected chi connectivity index (χ2v) is 9.20. The monoisotopic (exact) mass is 397 g/mol. The van der Waals surface area contributed by atoms with Gasteiger partial charge >= 0.3 is 0 Å². The molecular weight excluding hydrogens is 362 g/mol. The molecule has 1 amide bonds. The Bertz CT molecular complexity index is 722. The van der Waals surface area contributed by atoms with Crippen LogP contribution in [0.3, 0.4) is 0 Å². The SMILES string of the molecule is COc1ccc(/C=C/CN2CCC3(CCC(=O)N([C@H]4CCN(C)C4)C3)CC2)cc1. The van der Waals surface area contributed by atoms with Crippen LogP contribution in [0.2, 0.25) is 0 Å². The minimum atomic E-state index is 0.352. The van der Waals surface area contributed by atoms with Crippen molar-refractivity contribution in [2.45, 2.75) is 38.1 Å². The van der Waals surface area contributed by atoms with Gasteiger partial charge in [0, 0.05) is 32.1 Å². The topological polar surface area (TPSA) is 36.0 Å². The van der Waals surface area contributed by atoms with E-state index in [1.807, 2.05) is 12.1 Å². The van der Waals surface area contributed by atoms with Crippen molar-refractivity contribution >= 4 is 12.0 Å². The van der Waals surface area contributed by atoms with Gasteiger partial charge in [0.05, 0.1) is 7.11 Å². The van der Waals surface area contributed by atoms with E-state index in [1.54, 1.807) is 7.11 Å². The molecule has 1 aromatic carbocycles. The first kappa shape index (κ1) is 20.4. The van der Waals surface area contributed by atoms with Gasteiger partial charge < -0.3 is 14.5 Å². The van der Waals surface area contributed by atoms with Gasteiger partial charge in [-0.05, 0) is 75.5 Å². The van der Waals surface area contributed by atoms with Gasteiger partial charge in [-0.15, -0.1) is 0 Å². The molecule has 0 N–H and O–H groups in total. The zero-order valence-electron chi connectivity index (χ0n) is 18.0. The molecule has 4 rings (SSSR count). The molecule has 3 aliphatic heterocycles. The molecule has 0 radical (unpaired) electrons. The summed E-state index contributed by atoms with van der Waals surface area (Å²) >= 11 is 0. The molecule has 0 unspecified atom stereocenters. The van der Waals surface area contributed by atoms with Gasteiger partial charge in [0.1, 0.15) is 5.75 Å². The maximum Gasteiger partial charge on any atom is 0.222 e. The number of likely N-dealkylation sites (tertiary alicyclic amines) is 3. The quantitative estimate of drug-likeness (QED) is 0.765. The molecule has 3 saturated heterocycles. The minimum Gasteiger partial charge on any atom is -0.497 e. The maximum absolute atomic E-state index is 12.6. The normalized spacial score (nSPS) is 25.9. The van der Waals surface area contributed by atoms with Crippen LogP contribution >= 0.6 is 0 Å². The summed E-state index contributed by atoms with van der Waals surface area (Å²) in [6, 6.07) is 8.63.